The number of imidazole rings is 1. The van der Waals surface area contributed by atoms with Crippen LogP contribution in [-0.2, 0) is 6.54 Å². The normalized spacial score (nSPS) is 10.3. The number of halogens is 2. The van der Waals surface area contributed by atoms with Crippen LogP contribution in [0.2, 0.25) is 0 Å². The van der Waals surface area contributed by atoms with E-state index < -0.39 is 0 Å². The molecular formula is C13H11Br2N3. The first-order valence-electron chi connectivity index (χ1n) is 5.26. The van der Waals surface area contributed by atoms with E-state index in [1.54, 1.807) is 0 Å². The van der Waals surface area contributed by atoms with Gasteiger partial charge in [0.05, 0.1) is 6.54 Å². The second kappa shape index (κ2) is 5.17. The van der Waals surface area contributed by atoms with Gasteiger partial charge in [0.15, 0.2) is 0 Å². The molecule has 0 saturated carbocycles. The lowest BCUT2D eigenvalue weighted by molar-refractivity contribution is 0.807. The molecule has 0 amide bonds. The van der Waals surface area contributed by atoms with Crippen LogP contribution in [0.4, 0.5) is 5.82 Å². The third kappa shape index (κ3) is 2.31. The lowest BCUT2D eigenvalue weighted by Gasteiger charge is -2.04. The minimum atomic E-state index is 0.433. The first-order chi connectivity index (χ1) is 8.54. The highest BCUT2D eigenvalue weighted by molar-refractivity contribution is 9.13. The van der Waals surface area contributed by atoms with E-state index in [4.69, 9.17) is 12.2 Å². The predicted molar refractivity (Wildman–Crippen MR) is 81.0 cm³/mol. The third-order valence-electron chi connectivity index (χ3n) is 2.64. The summed E-state index contributed by atoms with van der Waals surface area (Å²) in [6.45, 7) is 2.33. The molecule has 0 fully saturated rings. The largest absolute Gasteiger partial charge is 0.383 e. The van der Waals surface area contributed by atoms with E-state index in [1.165, 1.54) is 0 Å². The van der Waals surface area contributed by atoms with Gasteiger partial charge in [-0.2, -0.15) is 0 Å². The Kier molecular flexibility index (Phi) is 3.79. The van der Waals surface area contributed by atoms with Crippen LogP contribution in [0.1, 0.15) is 5.82 Å². The maximum atomic E-state index is 6.09. The molecule has 0 aliphatic carbocycles. The summed E-state index contributed by atoms with van der Waals surface area (Å²) in [5.74, 6) is 3.99. The van der Waals surface area contributed by atoms with Crippen molar-refractivity contribution < 1.29 is 0 Å². The molecule has 0 unspecified atom stereocenters. The molecule has 0 aliphatic heterocycles. The van der Waals surface area contributed by atoms with E-state index in [2.05, 4.69) is 42.8 Å². The van der Waals surface area contributed by atoms with Crippen molar-refractivity contribution in [3.8, 4) is 23.6 Å². The molecule has 0 saturated heterocycles. The summed E-state index contributed by atoms with van der Waals surface area (Å²) in [5.41, 5.74) is 7.81. The fraction of sp³-hybridized carbons (Fsp3) is 0.154. The quantitative estimate of drug-likeness (QED) is 0.823. The van der Waals surface area contributed by atoms with Crippen LogP contribution in [0.3, 0.4) is 0 Å². The van der Waals surface area contributed by atoms with Gasteiger partial charge in [0.1, 0.15) is 17.3 Å². The maximum absolute atomic E-state index is 6.09. The predicted octanol–water partition coefficient (Wildman–Crippen LogP) is 3.60. The zero-order valence-electron chi connectivity index (χ0n) is 9.74. The molecule has 0 aliphatic rings. The van der Waals surface area contributed by atoms with Crippen molar-refractivity contribution in [2.24, 2.45) is 0 Å². The fourth-order valence-corrected chi connectivity index (χ4v) is 2.35. The van der Waals surface area contributed by atoms with E-state index in [1.807, 2.05) is 29.7 Å². The average molecular weight is 369 g/mol. The Morgan fingerprint density at radius 3 is 2.72 bits per heavy atom. The van der Waals surface area contributed by atoms with Crippen LogP contribution in [0.5, 0.6) is 0 Å². The number of aromatic nitrogens is 2. The average Bonchev–Trinajstić information content (AvgIpc) is 2.61. The molecule has 0 radical (unpaired) electrons. The molecule has 2 rings (SSSR count). The number of hydrogen-bond acceptors (Lipinski definition) is 2. The van der Waals surface area contributed by atoms with Crippen molar-refractivity contribution in [2.75, 3.05) is 5.73 Å². The van der Waals surface area contributed by atoms with Crippen molar-refractivity contribution in [1.82, 2.24) is 9.55 Å². The third-order valence-corrected chi connectivity index (χ3v) is 4.52. The second-order valence-corrected chi connectivity index (χ2v) is 5.52. The molecule has 1 heterocycles. The Morgan fingerprint density at radius 2 is 2.11 bits per heavy atom. The van der Waals surface area contributed by atoms with Crippen molar-refractivity contribution >= 4 is 37.7 Å². The van der Waals surface area contributed by atoms with Gasteiger partial charge in [-0.3, -0.25) is 0 Å². The summed E-state index contributed by atoms with van der Waals surface area (Å²) in [7, 11) is 0. The van der Waals surface area contributed by atoms with Crippen molar-refractivity contribution in [3.63, 3.8) is 0 Å². The lowest BCUT2D eigenvalue weighted by atomic mass is 10.1. The summed E-state index contributed by atoms with van der Waals surface area (Å²) in [5, 5.41) is 0. The van der Waals surface area contributed by atoms with E-state index in [0.29, 0.717) is 12.4 Å². The standard InChI is InChI=1S/C13H11Br2N3/c1-3-6-18-8(2)17-12(13(18)16)9-4-5-10(14)11(15)7-9/h1,4-5,7H,6,16H2,2H3. The number of terminal acetylenes is 1. The Hall–Kier alpha value is -1.25. The summed E-state index contributed by atoms with van der Waals surface area (Å²) >= 11 is 6.90. The van der Waals surface area contributed by atoms with Gasteiger partial charge in [0, 0.05) is 14.5 Å². The highest BCUT2D eigenvalue weighted by atomic mass is 79.9. The van der Waals surface area contributed by atoms with Gasteiger partial charge >= 0.3 is 0 Å². The maximum Gasteiger partial charge on any atom is 0.132 e. The number of anilines is 1. The summed E-state index contributed by atoms with van der Waals surface area (Å²) in [6.07, 6.45) is 5.32. The minimum absolute atomic E-state index is 0.433. The zero-order chi connectivity index (χ0) is 13.3. The molecule has 3 nitrogen and oxygen atoms in total. The summed E-state index contributed by atoms with van der Waals surface area (Å²) in [4.78, 5) is 4.48. The van der Waals surface area contributed by atoms with Crippen molar-refractivity contribution in [3.05, 3.63) is 33.0 Å². The second-order valence-electron chi connectivity index (χ2n) is 3.81. The number of rotatable bonds is 2. The number of aryl methyl sites for hydroxylation is 1. The van der Waals surface area contributed by atoms with Gasteiger partial charge < -0.3 is 10.3 Å². The number of nitrogens with zero attached hydrogens (tertiary/aromatic N) is 2. The van der Waals surface area contributed by atoms with Gasteiger partial charge in [-0.15, -0.1) is 6.42 Å². The highest BCUT2D eigenvalue weighted by Crippen LogP contribution is 2.31. The SMILES string of the molecule is C#CCn1c(C)nc(-c2ccc(Br)c(Br)c2)c1N. The number of benzene rings is 1. The monoisotopic (exact) mass is 367 g/mol. The van der Waals surface area contributed by atoms with Crippen LogP contribution in [0.25, 0.3) is 11.3 Å². The molecule has 0 spiro atoms. The van der Waals surface area contributed by atoms with E-state index in [0.717, 1.165) is 26.0 Å². The molecule has 18 heavy (non-hydrogen) atoms. The zero-order valence-corrected chi connectivity index (χ0v) is 12.9. The van der Waals surface area contributed by atoms with Gasteiger partial charge in [0.2, 0.25) is 0 Å². The molecule has 0 bridgehead atoms. The number of nitrogens with two attached hydrogens (primary N) is 1. The van der Waals surface area contributed by atoms with Crippen LogP contribution in [-0.4, -0.2) is 9.55 Å². The van der Waals surface area contributed by atoms with E-state index in [-0.39, 0.29) is 0 Å². The molecule has 2 N–H and O–H groups in total. The molecule has 0 atom stereocenters. The van der Waals surface area contributed by atoms with Gasteiger partial charge in [-0.05, 0) is 50.9 Å². The molecule has 1 aromatic carbocycles. The smallest absolute Gasteiger partial charge is 0.132 e. The summed E-state index contributed by atoms with van der Waals surface area (Å²) < 4.78 is 3.78. The highest BCUT2D eigenvalue weighted by Gasteiger charge is 2.13. The van der Waals surface area contributed by atoms with Gasteiger partial charge in [0.25, 0.3) is 0 Å². The van der Waals surface area contributed by atoms with E-state index in [9.17, 15) is 0 Å². The van der Waals surface area contributed by atoms with Crippen molar-refractivity contribution in [1.29, 1.82) is 0 Å². The Morgan fingerprint density at radius 1 is 1.39 bits per heavy atom. The minimum Gasteiger partial charge on any atom is -0.383 e. The van der Waals surface area contributed by atoms with E-state index >= 15 is 0 Å². The lowest BCUT2D eigenvalue weighted by Crippen LogP contribution is -2.03. The van der Waals surface area contributed by atoms with Crippen molar-refractivity contribution in [2.45, 2.75) is 13.5 Å². The first-order valence-corrected chi connectivity index (χ1v) is 6.84. The number of hydrogen-bond donors (Lipinski definition) is 1. The van der Waals surface area contributed by atoms with Crippen LogP contribution >= 0.6 is 31.9 Å². The summed E-state index contributed by atoms with van der Waals surface area (Å²) in [6, 6.07) is 5.89. The Bertz CT molecular complexity index is 638. The molecule has 5 heteroatoms. The Labute approximate surface area is 123 Å². The van der Waals surface area contributed by atoms with Crippen LogP contribution in [0, 0.1) is 19.3 Å². The van der Waals surface area contributed by atoms with Crippen LogP contribution in [0.15, 0.2) is 27.1 Å². The molecule has 92 valence electrons. The topological polar surface area (TPSA) is 43.8 Å². The van der Waals surface area contributed by atoms with Crippen LogP contribution < -0.4 is 5.73 Å². The molecule has 2 aromatic rings. The Balaban J connectivity index is 2.55. The number of nitrogen functional groups attached to an aromatic ring is 1. The molecular weight excluding hydrogens is 358 g/mol. The fourth-order valence-electron chi connectivity index (χ4n) is 1.73. The van der Waals surface area contributed by atoms with Gasteiger partial charge in [-0.1, -0.05) is 12.0 Å². The first kappa shape index (κ1) is 13.2. The molecule has 1 aromatic heterocycles. The van der Waals surface area contributed by atoms with Gasteiger partial charge in [-0.25, -0.2) is 4.98 Å².